The summed E-state index contributed by atoms with van der Waals surface area (Å²) in [5, 5.41) is 1.12. The van der Waals surface area contributed by atoms with E-state index in [0.29, 0.717) is 49.3 Å². The van der Waals surface area contributed by atoms with Crippen LogP contribution in [0.3, 0.4) is 0 Å². The number of aromatic amines is 1. The Kier molecular flexibility index (Phi) is 3.44. The van der Waals surface area contributed by atoms with E-state index in [4.69, 9.17) is 45.3 Å². The van der Waals surface area contributed by atoms with Crippen molar-refractivity contribution in [3.05, 3.63) is 68.0 Å². The highest BCUT2D eigenvalue weighted by atomic mass is 35.5. The summed E-state index contributed by atoms with van der Waals surface area (Å²) in [6.07, 6.45) is 0. The van der Waals surface area contributed by atoms with Gasteiger partial charge in [0.2, 0.25) is 11.8 Å². The molecule has 2 aliphatic heterocycles. The third-order valence-electron chi connectivity index (χ3n) is 4.77. The van der Waals surface area contributed by atoms with Gasteiger partial charge in [0, 0.05) is 16.3 Å². The van der Waals surface area contributed by atoms with Crippen molar-refractivity contribution in [2.45, 2.75) is 12.8 Å². The van der Waals surface area contributed by atoms with Crippen molar-refractivity contribution in [1.29, 1.82) is 0 Å². The first kappa shape index (κ1) is 16.7. The molecule has 4 heterocycles. The molecule has 27 heavy (non-hydrogen) atoms. The van der Waals surface area contributed by atoms with Gasteiger partial charge in [-0.3, -0.25) is 9.36 Å². The molecule has 3 aromatic rings. The van der Waals surface area contributed by atoms with E-state index in [-0.39, 0.29) is 17.7 Å². The molecule has 3 N–H and O–H groups in total. The highest BCUT2D eigenvalue weighted by Gasteiger charge is 2.45. The molecule has 2 aliphatic rings. The maximum Gasteiger partial charge on any atom is 0.265 e. The molecule has 0 spiro atoms. The number of aryl methyl sites for hydroxylation is 1. The minimum atomic E-state index is -0.388. The number of nitrogens with one attached hydrogen (secondary N) is 1. The summed E-state index contributed by atoms with van der Waals surface area (Å²) in [4.78, 5) is 20.7. The maximum atomic E-state index is 13.2. The first-order valence-corrected chi connectivity index (χ1v) is 9.15. The van der Waals surface area contributed by atoms with E-state index in [1.807, 2.05) is 13.0 Å². The highest BCUT2D eigenvalue weighted by molar-refractivity contribution is 6.41. The lowest BCUT2D eigenvalue weighted by atomic mass is 9.94. The van der Waals surface area contributed by atoms with Crippen LogP contribution in [0, 0.1) is 6.92 Å². The molecule has 6 nitrogen and oxygen atoms in total. The van der Waals surface area contributed by atoms with E-state index in [1.54, 1.807) is 22.8 Å². The number of halogens is 3. The fraction of sp³-hybridized carbons (Fsp3) is 0.111. The Hall–Kier alpha value is -2.41. The van der Waals surface area contributed by atoms with Crippen molar-refractivity contribution >= 4 is 40.7 Å². The van der Waals surface area contributed by atoms with Crippen molar-refractivity contribution in [3.63, 3.8) is 0 Å². The molecule has 0 fully saturated rings. The van der Waals surface area contributed by atoms with Gasteiger partial charge >= 0.3 is 0 Å². The number of imidazole rings is 1. The first-order valence-electron chi connectivity index (χ1n) is 8.02. The van der Waals surface area contributed by atoms with Crippen molar-refractivity contribution in [2.75, 3.05) is 0 Å². The molecule has 1 atom stereocenters. The van der Waals surface area contributed by atoms with Crippen LogP contribution >= 0.6 is 34.8 Å². The number of ether oxygens (including phenoxy) is 1. The SMILES string of the molecule is Cc1nc2c([nH]1)C1C(=C(N)O2)C(=O)n2c(-c3c(Cl)cc(Cl)cc3Cl)ccc21. The quantitative estimate of drug-likeness (QED) is 0.606. The van der Waals surface area contributed by atoms with Crippen LogP contribution in [-0.4, -0.2) is 20.4 Å². The van der Waals surface area contributed by atoms with Gasteiger partial charge in [-0.05, 0) is 31.2 Å². The molecule has 5 rings (SSSR count). The summed E-state index contributed by atoms with van der Waals surface area (Å²) >= 11 is 18.8. The monoisotopic (exact) mass is 420 g/mol. The Bertz CT molecular complexity index is 1170. The minimum absolute atomic E-state index is 0.0481. The zero-order chi connectivity index (χ0) is 19.0. The summed E-state index contributed by atoms with van der Waals surface area (Å²) in [5.74, 6) is 0.432. The van der Waals surface area contributed by atoms with Gasteiger partial charge in [0.1, 0.15) is 5.82 Å². The molecule has 2 aromatic heterocycles. The second kappa shape index (κ2) is 5.55. The van der Waals surface area contributed by atoms with Crippen LogP contribution in [0.15, 0.2) is 35.7 Å². The van der Waals surface area contributed by atoms with E-state index in [9.17, 15) is 4.79 Å². The third-order valence-corrected chi connectivity index (χ3v) is 5.58. The van der Waals surface area contributed by atoms with Crippen LogP contribution in [0.2, 0.25) is 15.1 Å². The highest BCUT2D eigenvalue weighted by Crippen LogP contribution is 2.49. The van der Waals surface area contributed by atoms with Crippen LogP contribution in [0.1, 0.15) is 27.9 Å². The summed E-state index contributed by atoms with van der Waals surface area (Å²) in [6.45, 7) is 1.81. The predicted octanol–water partition coefficient (Wildman–Crippen LogP) is 4.50. The molecule has 0 radical (unpaired) electrons. The molecular formula is C18H11Cl3N4O2. The number of rotatable bonds is 1. The number of allylic oxidation sites excluding steroid dienone is 1. The van der Waals surface area contributed by atoms with E-state index in [1.165, 1.54) is 0 Å². The normalized spacial score (nSPS) is 17.6. The number of nitrogens with zero attached hydrogens (tertiary/aromatic N) is 2. The number of carbonyl (C=O) groups is 1. The molecule has 0 amide bonds. The lowest BCUT2D eigenvalue weighted by Gasteiger charge is -2.18. The second-order valence-corrected chi connectivity index (χ2v) is 7.63. The first-order chi connectivity index (χ1) is 12.9. The van der Waals surface area contributed by atoms with Crippen LogP contribution in [0.4, 0.5) is 0 Å². The fourth-order valence-corrected chi connectivity index (χ4v) is 4.75. The number of fused-ring (bicyclic) bond motifs is 5. The van der Waals surface area contributed by atoms with Crippen molar-refractivity contribution < 1.29 is 9.53 Å². The average Bonchev–Trinajstić information content (AvgIpc) is 3.22. The Balaban J connectivity index is 1.77. The van der Waals surface area contributed by atoms with Crippen LogP contribution in [-0.2, 0) is 0 Å². The van der Waals surface area contributed by atoms with E-state index < -0.39 is 0 Å². The van der Waals surface area contributed by atoms with E-state index >= 15 is 0 Å². The van der Waals surface area contributed by atoms with E-state index in [0.717, 1.165) is 5.69 Å². The largest absolute Gasteiger partial charge is 0.421 e. The predicted molar refractivity (Wildman–Crippen MR) is 103 cm³/mol. The van der Waals surface area contributed by atoms with Gasteiger partial charge in [0.15, 0.2) is 0 Å². The number of benzene rings is 1. The smallest absolute Gasteiger partial charge is 0.265 e. The van der Waals surface area contributed by atoms with Crippen LogP contribution in [0.5, 0.6) is 5.88 Å². The minimum Gasteiger partial charge on any atom is -0.421 e. The summed E-state index contributed by atoms with van der Waals surface area (Å²) in [7, 11) is 0. The summed E-state index contributed by atoms with van der Waals surface area (Å²) < 4.78 is 7.12. The number of H-pyrrole nitrogens is 1. The number of carbonyl (C=O) groups excluding carboxylic acids is 1. The summed E-state index contributed by atoms with van der Waals surface area (Å²) in [6, 6.07) is 6.83. The van der Waals surface area contributed by atoms with Gasteiger partial charge in [-0.2, -0.15) is 4.98 Å². The van der Waals surface area contributed by atoms with Crippen molar-refractivity contribution in [3.8, 4) is 17.1 Å². The zero-order valence-electron chi connectivity index (χ0n) is 13.8. The Labute approximate surface area is 168 Å². The Morgan fingerprint density at radius 2 is 1.93 bits per heavy atom. The molecule has 136 valence electrons. The molecule has 0 saturated heterocycles. The van der Waals surface area contributed by atoms with Gasteiger partial charge in [0.25, 0.3) is 5.91 Å². The standard InChI is InChI=1S/C18H11Cl3N4O2/c1-6-23-15-13-11-3-2-10(12-8(20)4-7(19)5-9(12)21)25(11)18(26)14(13)16(22)27-17(15)24-6/h2-5,13H,22H2,1H3,(H,23,24). The number of hydrogen-bond acceptors (Lipinski definition) is 4. The lowest BCUT2D eigenvalue weighted by molar-refractivity contribution is 0.0961. The van der Waals surface area contributed by atoms with Gasteiger partial charge in [-0.15, -0.1) is 0 Å². The number of nitrogens with two attached hydrogens (primary N) is 1. The van der Waals surface area contributed by atoms with Gasteiger partial charge in [0.05, 0.1) is 32.9 Å². The van der Waals surface area contributed by atoms with Gasteiger partial charge in [-0.25, -0.2) is 0 Å². The van der Waals surface area contributed by atoms with Crippen molar-refractivity contribution in [1.82, 2.24) is 14.5 Å². The van der Waals surface area contributed by atoms with Gasteiger partial charge in [-0.1, -0.05) is 34.8 Å². The molecule has 1 aromatic carbocycles. The molecule has 1 unspecified atom stereocenters. The third kappa shape index (κ3) is 2.21. The summed E-state index contributed by atoms with van der Waals surface area (Å²) in [5.41, 5.74) is 8.94. The van der Waals surface area contributed by atoms with E-state index in [2.05, 4.69) is 9.97 Å². The molecule has 0 aliphatic carbocycles. The molecule has 0 saturated carbocycles. The fourth-order valence-electron chi connectivity index (χ4n) is 3.74. The molecule has 0 bridgehead atoms. The molecular weight excluding hydrogens is 411 g/mol. The second-order valence-electron chi connectivity index (χ2n) is 6.38. The molecule has 9 heteroatoms. The van der Waals surface area contributed by atoms with Crippen molar-refractivity contribution in [2.24, 2.45) is 5.73 Å². The Morgan fingerprint density at radius 1 is 1.22 bits per heavy atom. The maximum absolute atomic E-state index is 13.2. The number of hydrogen-bond donors (Lipinski definition) is 2. The zero-order valence-corrected chi connectivity index (χ0v) is 16.1. The topological polar surface area (TPSA) is 85.9 Å². The van der Waals surface area contributed by atoms with Crippen LogP contribution < -0.4 is 10.5 Å². The number of aromatic nitrogens is 3. The lowest BCUT2D eigenvalue weighted by Crippen LogP contribution is -2.22. The van der Waals surface area contributed by atoms with Gasteiger partial charge < -0.3 is 15.5 Å². The average molecular weight is 422 g/mol. The Morgan fingerprint density at radius 3 is 2.63 bits per heavy atom. The van der Waals surface area contributed by atoms with Crippen LogP contribution in [0.25, 0.3) is 11.3 Å².